The van der Waals surface area contributed by atoms with Gasteiger partial charge in [-0.05, 0) is 26.7 Å². The Kier molecular flexibility index (Phi) is 4.27. The summed E-state index contributed by atoms with van der Waals surface area (Å²) in [6.45, 7) is 4.15. The fourth-order valence-corrected chi connectivity index (χ4v) is 4.35. The van der Waals surface area contributed by atoms with Gasteiger partial charge in [0.2, 0.25) is 10.0 Å². The van der Waals surface area contributed by atoms with Crippen molar-refractivity contribution in [3.05, 3.63) is 17.5 Å². The molecule has 6 nitrogen and oxygen atoms in total. The molecule has 0 bridgehead atoms. The molecule has 2 heterocycles. The van der Waals surface area contributed by atoms with Crippen molar-refractivity contribution >= 4 is 10.0 Å². The topological polar surface area (TPSA) is 89.4 Å². The average molecular weight is 287 g/mol. The van der Waals surface area contributed by atoms with Crippen molar-refractivity contribution in [1.29, 1.82) is 0 Å². The maximum absolute atomic E-state index is 12.5. The first-order valence-electron chi connectivity index (χ1n) is 6.57. The van der Waals surface area contributed by atoms with Gasteiger partial charge in [0.05, 0.1) is 0 Å². The van der Waals surface area contributed by atoms with Crippen LogP contribution < -0.4 is 5.73 Å². The highest BCUT2D eigenvalue weighted by molar-refractivity contribution is 7.88. The molecule has 1 aliphatic heterocycles. The molecule has 0 aromatic carbocycles. The van der Waals surface area contributed by atoms with Gasteiger partial charge in [0.1, 0.15) is 17.2 Å². The third-order valence-corrected chi connectivity index (χ3v) is 5.30. The number of rotatable bonds is 4. The van der Waals surface area contributed by atoms with Crippen LogP contribution in [0.3, 0.4) is 0 Å². The van der Waals surface area contributed by atoms with E-state index >= 15 is 0 Å². The SMILES string of the molecule is Cc1cc(CS(=O)(=O)N2CCCCC2C(C)N)no1. The Bertz CT molecular complexity index is 524. The summed E-state index contributed by atoms with van der Waals surface area (Å²) in [5, 5.41) is 3.75. The lowest BCUT2D eigenvalue weighted by molar-refractivity contribution is 0.227. The Hall–Kier alpha value is -0.920. The summed E-state index contributed by atoms with van der Waals surface area (Å²) < 4.78 is 31.4. The first-order valence-corrected chi connectivity index (χ1v) is 8.18. The number of nitrogens with zero attached hydrogens (tertiary/aromatic N) is 2. The van der Waals surface area contributed by atoms with Crippen molar-refractivity contribution in [3.63, 3.8) is 0 Å². The van der Waals surface area contributed by atoms with E-state index in [0.29, 0.717) is 18.0 Å². The van der Waals surface area contributed by atoms with E-state index in [9.17, 15) is 8.42 Å². The molecule has 1 saturated heterocycles. The van der Waals surface area contributed by atoms with Gasteiger partial charge in [-0.25, -0.2) is 8.42 Å². The van der Waals surface area contributed by atoms with E-state index < -0.39 is 10.0 Å². The second-order valence-electron chi connectivity index (χ2n) is 5.22. The van der Waals surface area contributed by atoms with E-state index in [-0.39, 0.29) is 17.8 Å². The molecule has 1 fully saturated rings. The molecule has 2 unspecified atom stereocenters. The zero-order chi connectivity index (χ0) is 14.0. The van der Waals surface area contributed by atoms with Gasteiger partial charge in [-0.2, -0.15) is 4.31 Å². The number of hydrogen-bond donors (Lipinski definition) is 1. The van der Waals surface area contributed by atoms with E-state index in [1.165, 1.54) is 0 Å². The Morgan fingerprint density at radius 2 is 2.32 bits per heavy atom. The second kappa shape index (κ2) is 5.60. The quantitative estimate of drug-likeness (QED) is 0.892. The van der Waals surface area contributed by atoms with Gasteiger partial charge in [0, 0.05) is 24.7 Å². The highest BCUT2D eigenvalue weighted by atomic mass is 32.2. The third-order valence-electron chi connectivity index (χ3n) is 3.47. The highest BCUT2D eigenvalue weighted by Crippen LogP contribution is 2.24. The number of nitrogens with two attached hydrogens (primary N) is 1. The van der Waals surface area contributed by atoms with Gasteiger partial charge >= 0.3 is 0 Å². The molecule has 7 heteroatoms. The first kappa shape index (κ1) is 14.5. The van der Waals surface area contributed by atoms with Crippen molar-refractivity contribution < 1.29 is 12.9 Å². The number of sulfonamides is 1. The molecule has 0 radical (unpaired) electrons. The lowest BCUT2D eigenvalue weighted by Crippen LogP contribution is -2.51. The van der Waals surface area contributed by atoms with Gasteiger partial charge in [-0.1, -0.05) is 11.6 Å². The van der Waals surface area contributed by atoms with Crippen LogP contribution in [0, 0.1) is 6.92 Å². The molecule has 108 valence electrons. The molecule has 2 rings (SSSR count). The Labute approximate surface area is 114 Å². The maximum atomic E-state index is 12.5. The van der Waals surface area contributed by atoms with Crippen LogP contribution >= 0.6 is 0 Å². The van der Waals surface area contributed by atoms with E-state index in [2.05, 4.69) is 5.16 Å². The highest BCUT2D eigenvalue weighted by Gasteiger charge is 2.34. The first-order chi connectivity index (χ1) is 8.90. The molecule has 19 heavy (non-hydrogen) atoms. The smallest absolute Gasteiger partial charge is 0.220 e. The summed E-state index contributed by atoms with van der Waals surface area (Å²) in [6, 6.07) is 1.39. The fourth-order valence-electron chi connectivity index (χ4n) is 2.56. The van der Waals surface area contributed by atoms with Crippen molar-refractivity contribution in [2.75, 3.05) is 6.54 Å². The molecule has 2 atom stereocenters. The van der Waals surface area contributed by atoms with E-state index in [1.807, 2.05) is 6.92 Å². The third kappa shape index (κ3) is 3.34. The van der Waals surface area contributed by atoms with Crippen molar-refractivity contribution in [2.24, 2.45) is 5.73 Å². The minimum absolute atomic E-state index is 0.105. The zero-order valence-corrected chi connectivity index (χ0v) is 12.2. The molecular weight excluding hydrogens is 266 g/mol. The molecule has 1 aromatic heterocycles. The number of hydrogen-bond acceptors (Lipinski definition) is 5. The van der Waals surface area contributed by atoms with Crippen LogP contribution in [0.1, 0.15) is 37.6 Å². The predicted octanol–water partition coefficient (Wildman–Crippen LogP) is 1.01. The van der Waals surface area contributed by atoms with Crippen molar-refractivity contribution in [2.45, 2.75) is 50.9 Å². The minimum atomic E-state index is -3.39. The molecule has 0 saturated carbocycles. The van der Waals surface area contributed by atoms with E-state index in [0.717, 1.165) is 19.3 Å². The fraction of sp³-hybridized carbons (Fsp3) is 0.750. The van der Waals surface area contributed by atoms with Crippen molar-refractivity contribution in [1.82, 2.24) is 9.46 Å². The molecule has 1 aliphatic rings. The molecule has 0 aliphatic carbocycles. The molecule has 2 N–H and O–H groups in total. The van der Waals surface area contributed by atoms with E-state index in [1.54, 1.807) is 17.3 Å². The normalized spacial score (nSPS) is 23.4. The van der Waals surface area contributed by atoms with Crippen molar-refractivity contribution in [3.8, 4) is 0 Å². The average Bonchev–Trinajstić information content (AvgIpc) is 2.74. The number of aryl methyl sites for hydroxylation is 1. The van der Waals surface area contributed by atoms with Gasteiger partial charge in [0.15, 0.2) is 0 Å². The lowest BCUT2D eigenvalue weighted by Gasteiger charge is -2.36. The Morgan fingerprint density at radius 1 is 1.58 bits per heavy atom. The summed E-state index contributed by atoms with van der Waals surface area (Å²) in [4.78, 5) is 0. The summed E-state index contributed by atoms with van der Waals surface area (Å²) in [7, 11) is -3.39. The molecular formula is C12H21N3O3S. The second-order valence-corrected chi connectivity index (χ2v) is 7.14. The summed E-state index contributed by atoms with van der Waals surface area (Å²) >= 11 is 0. The van der Waals surface area contributed by atoms with Crippen LogP contribution in [0.25, 0.3) is 0 Å². The van der Waals surface area contributed by atoms with Gasteiger partial charge in [-0.15, -0.1) is 0 Å². The van der Waals surface area contributed by atoms with Crippen LogP contribution in [0.5, 0.6) is 0 Å². The summed E-state index contributed by atoms with van der Waals surface area (Å²) in [5.74, 6) is 0.501. The largest absolute Gasteiger partial charge is 0.361 e. The number of aromatic nitrogens is 1. The Morgan fingerprint density at radius 3 is 2.89 bits per heavy atom. The van der Waals surface area contributed by atoms with Gasteiger partial charge in [-0.3, -0.25) is 0 Å². The monoisotopic (exact) mass is 287 g/mol. The van der Waals surface area contributed by atoms with Crippen LogP contribution in [0.4, 0.5) is 0 Å². The predicted molar refractivity (Wildman–Crippen MR) is 71.9 cm³/mol. The van der Waals surface area contributed by atoms with Crippen LogP contribution in [-0.4, -0.2) is 36.5 Å². The van der Waals surface area contributed by atoms with Crippen LogP contribution in [-0.2, 0) is 15.8 Å². The van der Waals surface area contributed by atoms with E-state index in [4.69, 9.17) is 10.3 Å². The zero-order valence-electron chi connectivity index (χ0n) is 11.4. The van der Waals surface area contributed by atoms with Crippen LogP contribution in [0.2, 0.25) is 0 Å². The molecule has 0 amide bonds. The van der Waals surface area contributed by atoms with Gasteiger partial charge in [0.25, 0.3) is 0 Å². The molecule has 1 aromatic rings. The standard InChI is InChI=1S/C12H21N3O3S/c1-9-7-11(14-18-9)8-19(16,17)15-6-4-3-5-12(15)10(2)13/h7,10,12H,3-6,8,13H2,1-2H3. The van der Waals surface area contributed by atoms with Crippen LogP contribution in [0.15, 0.2) is 10.6 Å². The summed E-state index contributed by atoms with van der Waals surface area (Å²) in [6.07, 6.45) is 2.75. The lowest BCUT2D eigenvalue weighted by atomic mass is 10.00. The number of piperidine rings is 1. The molecule has 0 spiro atoms. The van der Waals surface area contributed by atoms with Gasteiger partial charge < -0.3 is 10.3 Å². The Balaban J connectivity index is 2.17. The summed E-state index contributed by atoms with van der Waals surface area (Å²) in [5.41, 5.74) is 6.36. The minimum Gasteiger partial charge on any atom is -0.361 e. The maximum Gasteiger partial charge on any atom is 0.220 e.